The monoisotopic (exact) mass is 1600 g/mol. The SMILES string of the molecule is CC/C=C\C/C=C\C/C=C\C/C=C\C/C=C\CCCCCC(=O)OCC(COP(=O)(O)OCC(O)COP(=O)(O)OCC(COC(=O)CCCCCCCC/C=C\C/C=C\C/C=C\CCCCC)OC(=O)CCCC/C=C\C/C=C\C/C=C\C/C=C\CC)OC(=O)CCCCCCCC/C=C\C/C=C\C/C=C\C/C=C\CC. The van der Waals surface area contributed by atoms with E-state index in [1.165, 1.54) is 19.3 Å². The van der Waals surface area contributed by atoms with Crippen molar-refractivity contribution >= 4 is 39.5 Å². The summed E-state index contributed by atoms with van der Waals surface area (Å²) in [6, 6.07) is 0. The zero-order valence-corrected chi connectivity index (χ0v) is 71.3. The van der Waals surface area contributed by atoms with Crippen LogP contribution in [-0.2, 0) is 65.4 Å². The Morgan fingerprint density at radius 2 is 0.464 bits per heavy atom. The van der Waals surface area contributed by atoms with Crippen molar-refractivity contribution in [3.63, 3.8) is 0 Å². The van der Waals surface area contributed by atoms with Crippen LogP contribution in [0.5, 0.6) is 0 Å². The van der Waals surface area contributed by atoms with Gasteiger partial charge in [-0.05, 0) is 186 Å². The topological polar surface area (TPSA) is 237 Å². The van der Waals surface area contributed by atoms with Gasteiger partial charge in [0.25, 0.3) is 0 Å². The Morgan fingerprint density at radius 1 is 0.259 bits per heavy atom. The third kappa shape index (κ3) is 81.9. The third-order valence-electron chi connectivity index (χ3n) is 17.0. The van der Waals surface area contributed by atoms with Crippen LogP contribution < -0.4 is 0 Å². The fourth-order valence-electron chi connectivity index (χ4n) is 10.6. The van der Waals surface area contributed by atoms with E-state index in [2.05, 4.69) is 222 Å². The average Bonchev–Trinajstić information content (AvgIpc) is 0.898. The molecule has 3 N–H and O–H groups in total. The van der Waals surface area contributed by atoms with E-state index in [-0.39, 0.29) is 25.7 Å². The molecule has 17 nitrogen and oxygen atoms in total. The van der Waals surface area contributed by atoms with Crippen LogP contribution in [0.15, 0.2) is 194 Å². The normalized spacial score (nSPS) is 14.7. The summed E-state index contributed by atoms with van der Waals surface area (Å²) < 4.78 is 68.7. The molecule has 0 saturated carbocycles. The van der Waals surface area contributed by atoms with Gasteiger partial charge in [0.1, 0.15) is 19.3 Å². The lowest BCUT2D eigenvalue weighted by molar-refractivity contribution is -0.161. The van der Waals surface area contributed by atoms with Gasteiger partial charge in [0.2, 0.25) is 0 Å². The summed E-state index contributed by atoms with van der Waals surface area (Å²) in [7, 11) is -10.0. The van der Waals surface area contributed by atoms with Crippen molar-refractivity contribution in [2.24, 2.45) is 0 Å². The maximum atomic E-state index is 13.2. The maximum absolute atomic E-state index is 13.2. The molecule has 112 heavy (non-hydrogen) atoms. The molecular formula is C93H150O17P2. The Bertz CT molecular complexity index is 2890. The van der Waals surface area contributed by atoms with Crippen LogP contribution in [0.1, 0.15) is 310 Å². The first-order valence-corrected chi connectivity index (χ1v) is 45.7. The molecule has 19 heteroatoms. The predicted molar refractivity (Wildman–Crippen MR) is 463 cm³/mol. The van der Waals surface area contributed by atoms with Gasteiger partial charge in [-0.2, -0.15) is 0 Å². The fraction of sp³-hybridized carbons (Fsp3) is 0.613. The molecule has 0 aromatic rings. The van der Waals surface area contributed by atoms with Crippen LogP contribution in [0, 0.1) is 0 Å². The molecule has 0 radical (unpaired) electrons. The molecule has 5 atom stereocenters. The largest absolute Gasteiger partial charge is 0.472 e. The van der Waals surface area contributed by atoms with E-state index in [1.807, 2.05) is 0 Å². The number of unbranched alkanes of at least 4 members (excludes halogenated alkanes) is 20. The number of ether oxygens (including phenoxy) is 4. The Morgan fingerprint density at radius 3 is 0.741 bits per heavy atom. The molecule has 0 fully saturated rings. The van der Waals surface area contributed by atoms with Crippen molar-refractivity contribution in [2.75, 3.05) is 39.6 Å². The number of aliphatic hydroxyl groups excluding tert-OH is 1. The smallest absolute Gasteiger partial charge is 0.462 e. The van der Waals surface area contributed by atoms with E-state index in [9.17, 15) is 43.2 Å². The first kappa shape index (κ1) is 106. The van der Waals surface area contributed by atoms with Crippen LogP contribution in [0.25, 0.3) is 0 Å². The molecule has 0 saturated heterocycles. The number of carbonyl (C=O) groups is 4. The lowest BCUT2D eigenvalue weighted by Gasteiger charge is -2.21. The molecule has 0 aromatic carbocycles. The third-order valence-corrected chi connectivity index (χ3v) is 18.9. The zero-order chi connectivity index (χ0) is 81.7. The summed E-state index contributed by atoms with van der Waals surface area (Å²) in [5, 5.41) is 10.7. The number of rotatable bonds is 78. The zero-order valence-electron chi connectivity index (χ0n) is 69.5. The number of allylic oxidation sites excluding steroid dienone is 32. The molecule has 0 aliphatic rings. The molecule has 5 unspecified atom stereocenters. The van der Waals surface area contributed by atoms with Gasteiger partial charge in [-0.15, -0.1) is 0 Å². The Balaban J connectivity index is 5.49. The van der Waals surface area contributed by atoms with E-state index < -0.39 is 97.5 Å². The van der Waals surface area contributed by atoms with Gasteiger partial charge in [-0.1, -0.05) is 293 Å². The Labute approximate surface area is 678 Å². The fourth-order valence-corrected chi connectivity index (χ4v) is 12.2. The Hall–Kier alpha value is -6.10. The van der Waals surface area contributed by atoms with E-state index in [0.717, 1.165) is 205 Å². The lowest BCUT2D eigenvalue weighted by Crippen LogP contribution is -2.30. The second-order valence-electron chi connectivity index (χ2n) is 27.6. The summed E-state index contributed by atoms with van der Waals surface area (Å²) in [6.07, 6.45) is 102. The average molecular weight is 1600 g/mol. The molecule has 634 valence electrons. The van der Waals surface area contributed by atoms with Crippen LogP contribution in [-0.4, -0.2) is 96.7 Å². The number of hydrogen-bond acceptors (Lipinski definition) is 15. The molecule has 0 aromatic heterocycles. The molecule has 0 rings (SSSR count). The van der Waals surface area contributed by atoms with Crippen molar-refractivity contribution in [3.05, 3.63) is 194 Å². The highest BCUT2D eigenvalue weighted by atomic mass is 31.2. The minimum atomic E-state index is -5.01. The van der Waals surface area contributed by atoms with Gasteiger partial charge >= 0.3 is 39.5 Å². The summed E-state index contributed by atoms with van der Waals surface area (Å²) in [4.78, 5) is 73.3. The van der Waals surface area contributed by atoms with E-state index in [4.69, 9.17) is 37.0 Å². The number of phosphoric acid groups is 2. The second-order valence-corrected chi connectivity index (χ2v) is 30.5. The van der Waals surface area contributed by atoms with Crippen molar-refractivity contribution in [3.8, 4) is 0 Å². The van der Waals surface area contributed by atoms with Gasteiger partial charge < -0.3 is 33.8 Å². The molecule has 0 bridgehead atoms. The summed E-state index contributed by atoms with van der Waals surface area (Å²) >= 11 is 0. The molecule has 0 aliphatic carbocycles. The number of esters is 4. The van der Waals surface area contributed by atoms with Crippen LogP contribution >= 0.6 is 15.6 Å². The summed E-state index contributed by atoms with van der Waals surface area (Å²) in [6.45, 7) is 4.39. The van der Waals surface area contributed by atoms with Crippen LogP contribution in [0.3, 0.4) is 0 Å². The minimum absolute atomic E-state index is 0.0318. The standard InChI is InChI=1S/C93H150O17P2/c1-5-9-13-17-21-25-29-33-37-40-43-46-50-53-57-61-65-69-73-77-90(95)103-83-88(109-92(97)79-75-71-67-63-59-55-49-36-32-28-24-20-16-12-8-4)85-107-111(99,100)105-81-87(94)82-106-112(101,102)108-86-89(110-93(98)80-76-72-68-64-60-56-52-48-45-42-39-35-31-27-23-19-15-11-7-3)84-104-91(96)78-74-70-66-62-58-54-51-47-44-41-38-34-30-26-22-18-14-10-6-2/h10-12,14-16,21-28,33-39,43-49,54,58-59,63,87-89,94H,5-9,13,17-20,29-32,40-42,50-53,55-57,60-62,64-86H2,1-4H3,(H,99,100)(H,101,102)/b14-10-,15-11-,16-12-,25-21-,26-22-,27-23-,28-24-,37-33-,38-34-,39-35-,46-43-,47-44-,48-45-,49-36-,58-54-,63-59-. The molecule has 0 amide bonds. The van der Waals surface area contributed by atoms with Crippen LogP contribution in [0.4, 0.5) is 0 Å². The second kappa shape index (κ2) is 82.9. The summed E-state index contributed by atoms with van der Waals surface area (Å²) in [5.74, 6) is -2.30. The number of carbonyl (C=O) groups excluding carboxylic acids is 4. The number of phosphoric ester groups is 2. The van der Waals surface area contributed by atoms with Crippen molar-refractivity contribution in [2.45, 2.75) is 329 Å². The first-order valence-electron chi connectivity index (χ1n) is 42.7. The number of hydrogen-bond donors (Lipinski definition) is 3. The van der Waals surface area contributed by atoms with Gasteiger partial charge in [0, 0.05) is 25.7 Å². The lowest BCUT2D eigenvalue weighted by atomic mass is 10.1. The molecule has 0 heterocycles. The highest BCUT2D eigenvalue weighted by Gasteiger charge is 2.30. The first-order chi connectivity index (χ1) is 54.7. The van der Waals surface area contributed by atoms with Crippen molar-refractivity contribution in [1.29, 1.82) is 0 Å². The van der Waals surface area contributed by atoms with Crippen LogP contribution in [0.2, 0.25) is 0 Å². The molecule has 0 aliphatic heterocycles. The van der Waals surface area contributed by atoms with Crippen molar-refractivity contribution in [1.82, 2.24) is 0 Å². The van der Waals surface area contributed by atoms with E-state index in [1.54, 1.807) is 0 Å². The van der Waals surface area contributed by atoms with E-state index >= 15 is 0 Å². The van der Waals surface area contributed by atoms with Gasteiger partial charge in [-0.3, -0.25) is 37.3 Å². The Kier molecular flexibility index (Phi) is 78.4. The predicted octanol–water partition coefficient (Wildman–Crippen LogP) is 25.7. The van der Waals surface area contributed by atoms with Gasteiger partial charge in [0.05, 0.1) is 26.4 Å². The van der Waals surface area contributed by atoms with Crippen molar-refractivity contribution < 1.29 is 80.2 Å². The maximum Gasteiger partial charge on any atom is 0.472 e. The minimum Gasteiger partial charge on any atom is -0.462 e. The highest BCUT2D eigenvalue weighted by Crippen LogP contribution is 2.45. The van der Waals surface area contributed by atoms with Gasteiger partial charge in [-0.25, -0.2) is 9.13 Å². The molecular weight excluding hydrogens is 1450 g/mol. The quantitative estimate of drug-likeness (QED) is 0.0169. The summed E-state index contributed by atoms with van der Waals surface area (Å²) in [5.41, 5.74) is 0. The number of aliphatic hydroxyl groups is 1. The van der Waals surface area contributed by atoms with E-state index in [0.29, 0.717) is 32.1 Å². The molecule has 0 spiro atoms. The van der Waals surface area contributed by atoms with Gasteiger partial charge in [0.15, 0.2) is 12.2 Å². The highest BCUT2D eigenvalue weighted by molar-refractivity contribution is 7.47.